The predicted molar refractivity (Wildman–Crippen MR) is 65.8 cm³/mol. The molecule has 2 aliphatic heterocycles. The molecule has 0 fully saturated rings. The molecule has 2 unspecified atom stereocenters. The Balaban J connectivity index is 2.39. The van der Waals surface area contributed by atoms with Crippen molar-refractivity contribution >= 4 is 29.0 Å². The molecule has 1 radical (unpaired) electrons. The SMILES string of the molecule is CC(C)(C)N1C2=C(C=NC1Cl)[SH+]([O-])CC2. The van der Waals surface area contributed by atoms with Crippen molar-refractivity contribution in [1.82, 2.24) is 4.90 Å². The molecular formula is C10H16ClN2OS. The molecule has 0 aliphatic carbocycles. The fraction of sp³-hybridized carbons (Fsp3) is 0.700. The zero-order valence-corrected chi connectivity index (χ0v) is 10.8. The van der Waals surface area contributed by atoms with Gasteiger partial charge in [-0.1, -0.05) is 11.6 Å². The van der Waals surface area contributed by atoms with E-state index in [0.717, 1.165) is 22.8 Å². The third-order valence-electron chi connectivity index (χ3n) is 2.66. The van der Waals surface area contributed by atoms with E-state index in [0.29, 0.717) is 0 Å². The topological polar surface area (TPSA) is 38.7 Å². The predicted octanol–water partition coefficient (Wildman–Crippen LogP) is 1.79. The quantitative estimate of drug-likeness (QED) is 0.283. The lowest BCUT2D eigenvalue weighted by molar-refractivity contribution is 0.165. The molecule has 2 atom stereocenters. The van der Waals surface area contributed by atoms with E-state index in [2.05, 4.69) is 30.7 Å². The van der Waals surface area contributed by atoms with Gasteiger partial charge in [-0.25, -0.2) is 4.99 Å². The normalized spacial score (nSPS) is 31.1. The van der Waals surface area contributed by atoms with Gasteiger partial charge in [-0.15, -0.1) is 0 Å². The summed E-state index contributed by atoms with van der Waals surface area (Å²) in [5, 5.41) is 0. The number of alkyl halides is 1. The third kappa shape index (κ3) is 1.90. The Morgan fingerprint density at radius 1 is 1.60 bits per heavy atom. The van der Waals surface area contributed by atoms with Gasteiger partial charge in [0, 0.05) is 12.0 Å². The Kier molecular flexibility index (Phi) is 2.77. The highest BCUT2D eigenvalue weighted by atomic mass is 35.5. The van der Waals surface area contributed by atoms with Crippen LogP contribution in [-0.2, 0) is 11.2 Å². The highest BCUT2D eigenvalue weighted by molar-refractivity contribution is 7.96. The second kappa shape index (κ2) is 3.68. The largest absolute Gasteiger partial charge is 0.650 e. The Labute approximate surface area is 98.4 Å². The van der Waals surface area contributed by atoms with Crippen LogP contribution in [0.5, 0.6) is 0 Å². The van der Waals surface area contributed by atoms with Crippen molar-refractivity contribution in [2.75, 3.05) is 5.75 Å². The number of rotatable bonds is 0. The number of halogens is 1. The molecule has 0 amide bonds. The number of allylic oxidation sites excluding steroid dienone is 2. The van der Waals surface area contributed by atoms with Crippen molar-refractivity contribution < 1.29 is 4.55 Å². The summed E-state index contributed by atoms with van der Waals surface area (Å²) in [6.45, 7) is 6.29. The van der Waals surface area contributed by atoms with Crippen LogP contribution in [0.2, 0.25) is 0 Å². The highest BCUT2D eigenvalue weighted by Crippen LogP contribution is 2.37. The van der Waals surface area contributed by atoms with Gasteiger partial charge in [0.05, 0.1) is 17.7 Å². The molecule has 2 heterocycles. The van der Waals surface area contributed by atoms with Gasteiger partial charge in [0.25, 0.3) is 0 Å². The summed E-state index contributed by atoms with van der Waals surface area (Å²) >= 11 is 4.95. The lowest BCUT2D eigenvalue weighted by Crippen LogP contribution is -2.46. The van der Waals surface area contributed by atoms with Crippen LogP contribution in [0.25, 0.3) is 0 Å². The fourth-order valence-corrected chi connectivity index (χ4v) is 3.86. The molecule has 2 rings (SSSR count). The molecule has 15 heavy (non-hydrogen) atoms. The van der Waals surface area contributed by atoms with Crippen LogP contribution in [0.3, 0.4) is 0 Å². The zero-order valence-electron chi connectivity index (χ0n) is 9.20. The highest BCUT2D eigenvalue weighted by Gasteiger charge is 2.38. The minimum absolute atomic E-state index is 0.0781. The zero-order chi connectivity index (χ0) is 11.2. The maximum atomic E-state index is 11.7. The minimum atomic E-state index is -1.24. The molecule has 0 spiro atoms. The maximum absolute atomic E-state index is 11.7. The van der Waals surface area contributed by atoms with Crippen LogP contribution in [0.15, 0.2) is 15.6 Å². The number of hydrogen-bond acceptors (Lipinski definition) is 3. The van der Waals surface area contributed by atoms with E-state index < -0.39 is 11.2 Å². The van der Waals surface area contributed by atoms with E-state index in [1.807, 2.05) is 0 Å². The summed E-state index contributed by atoms with van der Waals surface area (Å²) in [7, 11) is 0. The molecule has 85 valence electrons. The number of thiol groups is 1. The molecule has 0 aromatic heterocycles. The Bertz CT molecular complexity index is 335. The van der Waals surface area contributed by atoms with Gasteiger partial charge >= 0.3 is 0 Å². The van der Waals surface area contributed by atoms with Crippen molar-refractivity contribution in [2.45, 2.75) is 38.4 Å². The van der Waals surface area contributed by atoms with E-state index in [9.17, 15) is 4.55 Å². The van der Waals surface area contributed by atoms with Gasteiger partial charge < -0.3 is 9.45 Å². The smallest absolute Gasteiger partial charge is 0.198 e. The van der Waals surface area contributed by atoms with Crippen LogP contribution in [0, 0.1) is 0 Å². The molecule has 2 aliphatic rings. The summed E-state index contributed by atoms with van der Waals surface area (Å²) in [6.07, 6.45) is 2.55. The first-order chi connectivity index (χ1) is 6.91. The molecule has 0 aromatic carbocycles. The fourth-order valence-electron chi connectivity index (χ4n) is 2.03. The van der Waals surface area contributed by atoms with E-state index in [1.54, 1.807) is 6.21 Å². The Morgan fingerprint density at radius 2 is 2.27 bits per heavy atom. The number of aliphatic imine (C=N–C) groups is 1. The summed E-state index contributed by atoms with van der Waals surface area (Å²) in [5.74, 6) is 0.738. The molecule has 0 N–H and O–H groups in total. The first-order valence-corrected chi connectivity index (χ1v) is 6.94. The maximum Gasteiger partial charge on any atom is 0.198 e. The van der Waals surface area contributed by atoms with Gasteiger partial charge in [0.2, 0.25) is 0 Å². The lowest BCUT2D eigenvalue weighted by Gasteiger charge is -2.41. The summed E-state index contributed by atoms with van der Waals surface area (Å²) < 4.78 is 11.7. The van der Waals surface area contributed by atoms with Gasteiger partial charge in [-0.2, -0.15) is 11.2 Å². The first kappa shape index (κ1) is 11.3. The van der Waals surface area contributed by atoms with E-state index in [-0.39, 0.29) is 11.2 Å². The molecule has 0 saturated heterocycles. The van der Waals surface area contributed by atoms with Crippen LogP contribution in [-0.4, -0.2) is 32.6 Å². The van der Waals surface area contributed by atoms with Crippen LogP contribution in [0.4, 0.5) is 0 Å². The second-order valence-electron chi connectivity index (χ2n) is 4.81. The summed E-state index contributed by atoms with van der Waals surface area (Å²) in [4.78, 5) is 7.17. The van der Waals surface area contributed by atoms with E-state index in [1.165, 1.54) is 0 Å². The van der Waals surface area contributed by atoms with Crippen molar-refractivity contribution in [2.24, 2.45) is 4.99 Å². The third-order valence-corrected chi connectivity index (χ3v) is 4.51. The minimum Gasteiger partial charge on any atom is -0.650 e. The van der Waals surface area contributed by atoms with Gasteiger partial charge in [-0.05, 0) is 20.8 Å². The first-order valence-electron chi connectivity index (χ1n) is 5.05. The van der Waals surface area contributed by atoms with Crippen molar-refractivity contribution in [3.63, 3.8) is 0 Å². The summed E-state index contributed by atoms with van der Waals surface area (Å²) in [5.41, 5.74) is 0.689. The van der Waals surface area contributed by atoms with Crippen LogP contribution in [0.1, 0.15) is 27.2 Å². The molecule has 3 nitrogen and oxygen atoms in total. The molecule has 5 heteroatoms. The standard InChI is InChI=1S/C10H16ClN2OS/c1-10(2,3)13-7-4-5-15(14)8(7)6-12-9(13)11/h6,9,15H,4-5H2,1-3H3. The van der Waals surface area contributed by atoms with Crippen molar-refractivity contribution in [3.8, 4) is 0 Å². The van der Waals surface area contributed by atoms with Crippen molar-refractivity contribution in [3.05, 3.63) is 10.6 Å². The van der Waals surface area contributed by atoms with Gasteiger partial charge in [0.1, 0.15) is 4.91 Å². The number of nitrogens with zero attached hydrogens (tertiary/aromatic N) is 2. The molecular weight excluding hydrogens is 232 g/mol. The van der Waals surface area contributed by atoms with Crippen LogP contribution >= 0.6 is 11.6 Å². The molecule has 0 saturated carbocycles. The number of hydrogen-bond donors (Lipinski definition) is 0. The molecule has 0 aromatic rings. The average molecular weight is 248 g/mol. The average Bonchev–Trinajstić information content (AvgIpc) is 2.45. The van der Waals surface area contributed by atoms with Gasteiger partial charge in [-0.3, -0.25) is 0 Å². The van der Waals surface area contributed by atoms with Gasteiger partial charge in [0.15, 0.2) is 5.62 Å². The Hall–Kier alpha value is -0.190. The summed E-state index contributed by atoms with van der Waals surface area (Å²) in [6, 6.07) is 0. The molecule has 0 bridgehead atoms. The van der Waals surface area contributed by atoms with E-state index >= 15 is 0 Å². The second-order valence-corrected chi connectivity index (χ2v) is 6.89. The van der Waals surface area contributed by atoms with E-state index in [4.69, 9.17) is 11.6 Å². The van der Waals surface area contributed by atoms with Crippen LogP contribution < -0.4 is 0 Å². The lowest BCUT2D eigenvalue weighted by atomic mass is 10.0. The van der Waals surface area contributed by atoms with Crippen molar-refractivity contribution in [1.29, 1.82) is 0 Å². The monoisotopic (exact) mass is 247 g/mol. The Morgan fingerprint density at radius 3 is 2.87 bits per heavy atom.